The minimum absolute atomic E-state index is 0.713. The molecule has 0 spiro atoms. The fourth-order valence-corrected chi connectivity index (χ4v) is 2.58. The second kappa shape index (κ2) is 5.59. The lowest BCUT2D eigenvalue weighted by molar-refractivity contribution is 0.691. The summed E-state index contributed by atoms with van der Waals surface area (Å²) < 4.78 is 12.1. The Morgan fingerprint density at radius 2 is 2.00 bits per heavy atom. The third-order valence-corrected chi connectivity index (χ3v) is 4.30. The molecule has 0 aliphatic heterocycles. The monoisotopic (exact) mass is 246 g/mol. The van der Waals surface area contributed by atoms with Gasteiger partial charge in [-0.15, -0.1) is 11.8 Å². The molecule has 76 valence electrons. The minimum atomic E-state index is -0.918. The Bertz CT molecular complexity index is 357. The molecule has 0 heterocycles. The van der Waals surface area contributed by atoms with Crippen LogP contribution in [0.5, 0.6) is 0 Å². The summed E-state index contributed by atoms with van der Waals surface area (Å²) in [6.07, 6.45) is 5.51. The fraction of sp³-hybridized carbons (Fsp3) is 0.200. The molecule has 4 heteroatoms. The van der Waals surface area contributed by atoms with Gasteiger partial charge in [0.1, 0.15) is 0 Å². The van der Waals surface area contributed by atoms with Gasteiger partial charge in [0.15, 0.2) is 0 Å². The van der Waals surface area contributed by atoms with Crippen LogP contribution in [0.15, 0.2) is 28.5 Å². The molecule has 0 radical (unpaired) electrons. The first-order valence-corrected chi connectivity index (χ1v) is 7.14. The Hall–Kier alpha value is -0.250. The number of hydrogen-bond acceptors (Lipinski definition) is 2. The molecule has 1 rings (SSSR count). The largest absolute Gasteiger partial charge is 0.254 e. The van der Waals surface area contributed by atoms with Gasteiger partial charge >= 0.3 is 0 Å². The molecule has 0 amide bonds. The van der Waals surface area contributed by atoms with Gasteiger partial charge in [0.05, 0.1) is 15.0 Å². The molecule has 14 heavy (non-hydrogen) atoms. The second-order valence-corrected chi connectivity index (χ2v) is 5.56. The lowest BCUT2D eigenvalue weighted by Gasteiger charge is -1.99. The van der Waals surface area contributed by atoms with Crippen molar-refractivity contribution in [3.8, 4) is 0 Å². The highest BCUT2D eigenvalue weighted by atomic mass is 35.5. The molecule has 1 unspecified atom stereocenters. The van der Waals surface area contributed by atoms with Gasteiger partial charge in [-0.25, -0.2) is 0 Å². The first-order chi connectivity index (χ1) is 6.63. The van der Waals surface area contributed by atoms with Crippen molar-refractivity contribution in [2.45, 2.75) is 0 Å². The first-order valence-electron chi connectivity index (χ1n) is 3.98. The molecule has 1 nitrogen and oxygen atoms in total. The third-order valence-electron chi connectivity index (χ3n) is 1.64. The van der Waals surface area contributed by atoms with Crippen LogP contribution in [0.25, 0.3) is 6.08 Å². The van der Waals surface area contributed by atoms with Crippen molar-refractivity contribution in [1.29, 1.82) is 0 Å². The van der Waals surface area contributed by atoms with Crippen molar-refractivity contribution in [2.75, 3.05) is 12.5 Å². The van der Waals surface area contributed by atoms with E-state index in [-0.39, 0.29) is 0 Å². The SMILES string of the molecule is CSC(=Cc1ccc(Cl)cc1)S(C)=O. The Labute approximate surface area is 96.0 Å². The van der Waals surface area contributed by atoms with E-state index in [4.69, 9.17) is 11.6 Å². The molecule has 0 N–H and O–H groups in total. The molecule has 0 aliphatic rings. The van der Waals surface area contributed by atoms with Crippen molar-refractivity contribution in [3.05, 3.63) is 39.1 Å². The molecule has 1 aromatic carbocycles. The van der Waals surface area contributed by atoms with E-state index in [1.165, 1.54) is 11.8 Å². The maximum atomic E-state index is 11.2. The molecule has 0 aromatic heterocycles. The minimum Gasteiger partial charge on any atom is -0.254 e. The van der Waals surface area contributed by atoms with Gasteiger partial charge in [0, 0.05) is 11.3 Å². The molecule has 0 aliphatic carbocycles. The van der Waals surface area contributed by atoms with Crippen LogP contribution >= 0.6 is 23.4 Å². The summed E-state index contributed by atoms with van der Waals surface area (Å²) in [6, 6.07) is 7.46. The zero-order valence-corrected chi connectivity index (χ0v) is 10.4. The summed E-state index contributed by atoms with van der Waals surface area (Å²) in [5.41, 5.74) is 1.02. The Morgan fingerprint density at radius 3 is 2.43 bits per heavy atom. The molecule has 0 saturated heterocycles. The average Bonchev–Trinajstić information content (AvgIpc) is 2.16. The zero-order valence-electron chi connectivity index (χ0n) is 7.99. The molecule has 1 aromatic rings. The highest BCUT2D eigenvalue weighted by Crippen LogP contribution is 2.20. The quantitative estimate of drug-likeness (QED) is 0.814. The van der Waals surface area contributed by atoms with Gasteiger partial charge in [0.25, 0.3) is 0 Å². The van der Waals surface area contributed by atoms with Crippen molar-refractivity contribution in [1.82, 2.24) is 0 Å². The summed E-state index contributed by atoms with van der Waals surface area (Å²) in [5.74, 6) is 0. The maximum absolute atomic E-state index is 11.2. The van der Waals surface area contributed by atoms with Crippen LogP contribution in [0.1, 0.15) is 5.56 Å². The van der Waals surface area contributed by atoms with E-state index < -0.39 is 10.8 Å². The molecule has 0 saturated carbocycles. The summed E-state index contributed by atoms with van der Waals surface area (Å²) in [7, 11) is -0.918. The van der Waals surface area contributed by atoms with E-state index in [9.17, 15) is 4.21 Å². The normalized spacial score (nSPS) is 14.1. The Morgan fingerprint density at radius 1 is 1.43 bits per heavy atom. The van der Waals surface area contributed by atoms with E-state index in [2.05, 4.69) is 0 Å². The summed E-state index contributed by atoms with van der Waals surface area (Å²) >= 11 is 7.26. The van der Waals surface area contributed by atoms with Crippen molar-refractivity contribution >= 4 is 40.2 Å². The predicted molar refractivity (Wildman–Crippen MR) is 67.0 cm³/mol. The van der Waals surface area contributed by atoms with Crippen LogP contribution in [-0.4, -0.2) is 16.7 Å². The van der Waals surface area contributed by atoms with Gasteiger partial charge in [-0.05, 0) is 30.0 Å². The average molecular weight is 247 g/mol. The standard InChI is InChI=1S/C10H11ClOS2/c1-13-10(14(2)12)7-8-3-5-9(11)6-4-8/h3-7H,1-2H3. The lowest BCUT2D eigenvalue weighted by atomic mass is 10.2. The predicted octanol–water partition coefficient (Wildman–Crippen LogP) is 3.38. The number of rotatable bonds is 3. The van der Waals surface area contributed by atoms with Crippen LogP contribution in [0.3, 0.4) is 0 Å². The second-order valence-electron chi connectivity index (χ2n) is 2.67. The number of thioether (sulfide) groups is 1. The van der Waals surface area contributed by atoms with Crippen molar-refractivity contribution in [2.24, 2.45) is 0 Å². The van der Waals surface area contributed by atoms with Crippen LogP contribution in [-0.2, 0) is 10.8 Å². The number of hydrogen-bond donors (Lipinski definition) is 0. The Balaban J connectivity index is 2.95. The molecular weight excluding hydrogens is 236 g/mol. The Kier molecular flexibility index (Phi) is 4.72. The van der Waals surface area contributed by atoms with E-state index in [0.29, 0.717) is 5.02 Å². The van der Waals surface area contributed by atoms with Crippen molar-refractivity contribution in [3.63, 3.8) is 0 Å². The van der Waals surface area contributed by atoms with Crippen LogP contribution < -0.4 is 0 Å². The summed E-state index contributed by atoms with van der Waals surface area (Å²) in [5, 5.41) is 0.713. The van der Waals surface area contributed by atoms with Crippen LogP contribution in [0, 0.1) is 0 Å². The van der Waals surface area contributed by atoms with E-state index in [0.717, 1.165) is 9.80 Å². The number of halogens is 1. The molecular formula is C10H11ClOS2. The zero-order chi connectivity index (χ0) is 10.6. The van der Waals surface area contributed by atoms with Gasteiger partial charge < -0.3 is 0 Å². The maximum Gasteiger partial charge on any atom is 0.0716 e. The van der Waals surface area contributed by atoms with Crippen molar-refractivity contribution < 1.29 is 4.21 Å². The lowest BCUT2D eigenvalue weighted by Crippen LogP contribution is -1.86. The third kappa shape index (κ3) is 3.48. The molecule has 0 bridgehead atoms. The van der Waals surface area contributed by atoms with E-state index in [1.54, 1.807) is 6.26 Å². The first kappa shape index (κ1) is 11.8. The van der Waals surface area contributed by atoms with Gasteiger partial charge in [0.2, 0.25) is 0 Å². The highest BCUT2D eigenvalue weighted by Gasteiger charge is 1.99. The highest BCUT2D eigenvalue weighted by molar-refractivity contribution is 8.16. The smallest absolute Gasteiger partial charge is 0.0716 e. The summed E-state index contributed by atoms with van der Waals surface area (Å²) in [6.45, 7) is 0. The topological polar surface area (TPSA) is 17.1 Å². The summed E-state index contributed by atoms with van der Waals surface area (Å²) in [4.78, 5) is 0. The number of benzene rings is 1. The van der Waals surface area contributed by atoms with Gasteiger partial charge in [-0.1, -0.05) is 23.7 Å². The van der Waals surface area contributed by atoms with Crippen LogP contribution in [0.2, 0.25) is 5.02 Å². The van der Waals surface area contributed by atoms with Crippen LogP contribution in [0.4, 0.5) is 0 Å². The van der Waals surface area contributed by atoms with Gasteiger partial charge in [-0.2, -0.15) is 0 Å². The fourth-order valence-electron chi connectivity index (χ4n) is 0.954. The van der Waals surface area contributed by atoms with E-state index in [1.807, 2.05) is 36.6 Å². The molecule has 0 fully saturated rings. The van der Waals surface area contributed by atoms with Gasteiger partial charge in [-0.3, -0.25) is 4.21 Å². The molecule has 1 atom stereocenters. The van der Waals surface area contributed by atoms with E-state index >= 15 is 0 Å².